The number of hydrogen-bond donors (Lipinski definition) is 2. The molecule has 1 aliphatic rings. The van der Waals surface area contributed by atoms with Crippen molar-refractivity contribution in [3.63, 3.8) is 0 Å². The van der Waals surface area contributed by atoms with Gasteiger partial charge in [-0.15, -0.1) is 11.3 Å². The molecule has 1 aliphatic heterocycles. The normalized spacial score (nSPS) is 14.8. The number of benzene rings is 1. The van der Waals surface area contributed by atoms with Crippen molar-refractivity contribution < 1.29 is 4.79 Å². The van der Waals surface area contributed by atoms with E-state index < -0.39 is 0 Å². The first-order valence-electron chi connectivity index (χ1n) is 6.93. The average Bonchev–Trinajstić information content (AvgIpc) is 2.88. The first kappa shape index (κ1) is 14.2. The minimum Gasteiger partial charge on any atom is -0.326 e. The van der Waals surface area contributed by atoms with Gasteiger partial charge in [0.05, 0.1) is 5.69 Å². The third-order valence-corrected chi connectivity index (χ3v) is 4.57. The molecule has 110 valence electrons. The van der Waals surface area contributed by atoms with E-state index in [1.807, 2.05) is 18.2 Å². The highest BCUT2D eigenvalue weighted by Crippen LogP contribution is 2.28. The highest BCUT2D eigenvalue weighted by molar-refractivity contribution is 7.15. The molecule has 2 aromatic rings. The molecule has 0 aliphatic carbocycles. The van der Waals surface area contributed by atoms with Gasteiger partial charge in [0.1, 0.15) is 0 Å². The SMILES string of the molecule is CN1CCc2nc(NC(=O)c3cccc(CN)c3)sc2C1. The summed E-state index contributed by atoms with van der Waals surface area (Å²) < 4.78 is 0. The van der Waals surface area contributed by atoms with Crippen LogP contribution in [0.25, 0.3) is 0 Å². The van der Waals surface area contributed by atoms with Crippen LogP contribution < -0.4 is 11.1 Å². The molecule has 0 spiro atoms. The van der Waals surface area contributed by atoms with Crippen LogP contribution in [0.4, 0.5) is 5.13 Å². The summed E-state index contributed by atoms with van der Waals surface area (Å²) in [6.07, 6.45) is 0.945. The van der Waals surface area contributed by atoms with Gasteiger partial charge >= 0.3 is 0 Å². The van der Waals surface area contributed by atoms with Gasteiger partial charge in [0.15, 0.2) is 5.13 Å². The van der Waals surface area contributed by atoms with E-state index in [1.54, 1.807) is 17.4 Å². The molecule has 0 saturated carbocycles. The molecule has 21 heavy (non-hydrogen) atoms. The van der Waals surface area contributed by atoms with E-state index in [0.29, 0.717) is 17.2 Å². The number of likely N-dealkylation sites (N-methyl/N-ethyl adjacent to an activating group) is 1. The van der Waals surface area contributed by atoms with Gasteiger partial charge in [0.25, 0.3) is 5.91 Å². The largest absolute Gasteiger partial charge is 0.326 e. The summed E-state index contributed by atoms with van der Waals surface area (Å²) in [5.41, 5.74) is 8.28. The Morgan fingerprint density at radius 3 is 3.19 bits per heavy atom. The Morgan fingerprint density at radius 2 is 2.38 bits per heavy atom. The molecule has 0 unspecified atom stereocenters. The summed E-state index contributed by atoms with van der Waals surface area (Å²) in [4.78, 5) is 20.3. The van der Waals surface area contributed by atoms with Crippen molar-refractivity contribution in [2.24, 2.45) is 5.73 Å². The van der Waals surface area contributed by atoms with Gasteiger partial charge in [-0.05, 0) is 24.7 Å². The van der Waals surface area contributed by atoms with E-state index >= 15 is 0 Å². The van der Waals surface area contributed by atoms with Crippen LogP contribution in [0.5, 0.6) is 0 Å². The Balaban J connectivity index is 1.75. The smallest absolute Gasteiger partial charge is 0.257 e. The van der Waals surface area contributed by atoms with Crippen molar-refractivity contribution in [3.05, 3.63) is 46.0 Å². The summed E-state index contributed by atoms with van der Waals surface area (Å²) in [5.74, 6) is -0.134. The minimum atomic E-state index is -0.134. The Kier molecular flexibility index (Phi) is 4.01. The fourth-order valence-electron chi connectivity index (χ4n) is 2.39. The number of nitrogens with one attached hydrogen (secondary N) is 1. The molecule has 1 aromatic carbocycles. The first-order valence-corrected chi connectivity index (χ1v) is 7.75. The van der Waals surface area contributed by atoms with Crippen LogP contribution in [0.15, 0.2) is 24.3 Å². The molecular weight excluding hydrogens is 284 g/mol. The Labute approximate surface area is 127 Å². The van der Waals surface area contributed by atoms with E-state index in [-0.39, 0.29) is 5.91 Å². The van der Waals surface area contributed by atoms with E-state index in [0.717, 1.165) is 30.8 Å². The lowest BCUT2D eigenvalue weighted by atomic mass is 10.1. The zero-order valence-electron chi connectivity index (χ0n) is 11.9. The van der Waals surface area contributed by atoms with Gasteiger partial charge in [-0.2, -0.15) is 0 Å². The van der Waals surface area contributed by atoms with Crippen molar-refractivity contribution in [2.75, 3.05) is 18.9 Å². The van der Waals surface area contributed by atoms with Crippen molar-refractivity contribution in [2.45, 2.75) is 19.5 Å². The number of fused-ring (bicyclic) bond motifs is 1. The molecule has 0 fully saturated rings. The molecule has 3 rings (SSSR count). The molecule has 1 aromatic heterocycles. The molecule has 2 heterocycles. The molecule has 6 heteroatoms. The lowest BCUT2D eigenvalue weighted by molar-refractivity contribution is 0.102. The third-order valence-electron chi connectivity index (χ3n) is 3.57. The quantitative estimate of drug-likeness (QED) is 0.907. The minimum absolute atomic E-state index is 0.134. The van der Waals surface area contributed by atoms with E-state index in [2.05, 4.69) is 22.2 Å². The topological polar surface area (TPSA) is 71.2 Å². The van der Waals surface area contributed by atoms with Gasteiger partial charge in [-0.3, -0.25) is 10.1 Å². The number of nitrogens with two attached hydrogens (primary N) is 1. The zero-order chi connectivity index (χ0) is 14.8. The second-order valence-corrected chi connectivity index (χ2v) is 6.32. The number of amides is 1. The third kappa shape index (κ3) is 3.12. The summed E-state index contributed by atoms with van der Waals surface area (Å²) in [6, 6.07) is 7.36. The van der Waals surface area contributed by atoms with E-state index in [9.17, 15) is 4.79 Å². The van der Waals surface area contributed by atoms with E-state index in [4.69, 9.17) is 5.73 Å². The number of aromatic nitrogens is 1. The fourth-order valence-corrected chi connectivity index (χ4v) is 3.47. The van der Waals surface area contributed by atoms with Crippen molar-refractivity contribution >= 4 is 22.4 Å². The summed E-state index contributed by atoms with van der Waals surface area (Å²) in [7, 11) is 2.10. The van der Waals surface area contributed by atoms with Gasteiger partial charge in [0, 0.05) is 36.5 Å². The number of nitrogens with zero attached hydrogens (tertiary/aromatic N) is 2. The van der Waals surface area contributed by atoms with Crippen LogP contribution in [-0.4, -0.2) is 29.4 Å². The number of hydrogen-bond acceptors (Lipinski definition) is 5. The highest BCUT2D eigenvalue weighted by atomic mass is 32.1. The predicted octanol–water partition coefficient (Wildman–Crippen LogP) is 1.84. The van der Waals surface area contributed by atoms with Gasteiger partial charge in [-0.25, -0.2) is 4.98 Å². The van der Waals surface area contributed by atoms with Crippen molar-refractivity contribution in [1.82, 2.24) is 9.88 Å². The van der Waals surface area contributed by atoms with Crippen LogP contribution >= 0.6 is 11.3 Å². The maximum Gasteiger partial charge on any atom is 0.257 e. The predicted molar refractivity (Wildman–Crippen MR) is 84.4 cm³/mol. The van der Waals surface area contributed by atoms with E-state index in [1.165, 1.54) is 4.88 Å². The number of anilines is 1. The molecule has 0 bridgehead atoms. The number of rotatable bonds is 3. The van der Waals surface area contributed by atoms with Gasteiger partial charge < -0.3 is 10.6 Å². The Morgan fingerprint density at radius 1 is 1.52 bits per heavy atom. The highest BCUT2D eigenvalue weighted by Gasteiger charge is 2.19. The zero-order valence-corrected chi connectivity index (χ0v) is 12.7. The molecule has 3 N–H and O–H groups in total. The van der Waals surface area contributed by atoms with Crippen LogP contribution in [-0.2, 0) is 19.5 Å². The number of carbonyl (C=O) groups excluding carboxylic acids is 1. The molecular formula is C15H18N4OS. The standard InChI is InChI=1S/C15H18N4OS/c1-19-6-5-12-13(9-19)21-15(17-12)18-14(20)11-4-2-3-10(7-11)8-16/h2-4,7H,5-6,8-9,16H2,1H3,(H,17,18,20). The number of thiazole rings is 1. The molecule has 0 atom stereocenters. The fraction of sp³-hybridized carbons (Fsp3) is 0.333. The van der Waals surface area contributed by atoms with Gasteiger partial charge in [0.2, 0.25) is 0 Å². The van der Waals surface area contributed by atoms with Crippen LogP contribution in [0.1, 0.15) is 26.5 Å². The van der Waals surface area contributed by atoms with Crippen molar-refractivity contribution in [3.8, 4) is 0 Å². The number of carbonyl (C=O) groups is 1. The Bertz CT molecular complexity index is 667. The van der Waals surface area contributed by atoms with Crippen LogP contribution in [0.2, 0.25) is 0 Å². The maximum atomic E-state index is 12.3. The van der Waals surface area contributed by atoms with Crippen molar-refractivity contribution in [1.29, 1.82) is 0 Å². The second kappa shape index (κ2) is 5.93. The lowest BCUT2D eigenvalue weighted by Crippen LogP contribution is -2.25. The maximum absolute atomic E-state index is 12.3. The second-order valence-electron chi connectivity index (χ2n) is 5.24. The Hall–Kier alpha value is -1.76. The van der Waals surface area contributed by atoms with Crippen LogP contribution in [0, 0.1) is 0 Å². The average molecular weight is 302 g/mol. The summed E-state index contributed by atoms with van der Waals surface area (Å²) in [6.45, 7) is 2.35. The summed E-state index contributed by atoms with van der Waals surface area (Å²) >= 11 is 1.56. The first-order chi connectivity index (χ1) is 10.2. The molecule has 0 saturated heterocycles. The molecule has 1 amide bonds. The summed E-state index contributed by atoms with van der Waals surface area (Å²) in [5, 5.41) is 3.57. The molecule has 5 nitrogen and oxygen atoms in total. The lowest BCUT2D eigenvalue weighted by Gasteiger charge is -2.20. The van der Waals surface area contributed by atoms with Gasteiger partial charge in [-0.1, -0.05) is 12.1 Å². The molecule has 0 radical (unpaired) electrons. The van der Waals surface area contributed by atoms with Crippen LogP contribution in [0.3, 0.4) is 0 Å². The monoisotopic (exact) mass is 302 g/mol.